The van der Waals surface area contributed by atoms with E-state index in [0.717, 1.165) is 12.1 Å². The van der Waals surface area contributed by atoms with Crippen LogP contribution in [0.25, 0.3) is 0 Å². The lowest BCUT2D eigenvalue weighted by molar-refractivity contribution is 0.174. The van der Waals surface area contributed by atoms with Gasteiger partial charge >= 0.3 is 0 Å². The van der Waals surface area contributed by atoms with E-state index >= 15 is 0 Å². The predicted octanol–water partition coefficient (Wildman–Crippen LogP) is 1.86. The monoisotopic (exact) mass is 254 g/mol. The molecule has 1 fully saturated rings. The van der Waals surface area contributed by atoms with Crippen molar-refractivity contribution in [3.8, 4) is 0 Å². The molecule has 2 rings (SSSR count). The average molecular weight is 254 g/mol. The molecule has 0 spiro atoms. The molecule has 96 valence electrons. The zero-order chi connectivity index (χ0) is 11.9. The summed E-state index contributed by atoms with van der Waals surface area (Å²) < 4.78 is 0. The molecule has 0 aliphatic carbocycles. The maximum absolute atomic E-state index is 9.85. The first-order valence-corrected chi connectivity index (χ1v) is 7.44. The van der Waals surface area contributed by atoms with Crippen LogP contribution in [0.5, 0.6) is 0 Å². The molecule has 0 saturated carbocycles. The Labute approximate surface area is 107 Å². The third-order valence-electron chi connectivity index (χ3n) is 3.29. The number of hydrogen-bond acceptors (Lipinski definition) is 4. The molecular formula is C13H22N2OS. The van der Waals surface area contributed by atoms with Gasteiger partial charge in [0.2, 0.25) is 0 Å². The van der Waals surface area contributed by atoms with E-state index in [1.807, 2.05) is 16.8 Å². The van der Waals surface area contributed by atoms with Gasteiger partial charge in [-0.05, 0) is 67.8 Å². The first-order chi connectivity index (χ1) is 8.36. The van der Waals surface area contributed by atoms with E-state index in [0.29, 0.717) is 6.54 Å². The molecule has 0 aromatic carbocycles. The average Bonchev–Trinajstić information content (AvgIpc) is 3.01. The van der Waals surface area contributed by atoms with Crippen molar-refractivity contribution in [2.45, 2.75) is 25.4 Å². The van der Waals surface area contributed by atoms with Crippen LogP contribution in [0.3, 0.4) is 0 Å². The molecule has 3 nitrogen and oxygen atoms in total. The topological polar surface area (TPSA) is 35.5 Å². The Bertz CT molecular complexity index is 296. The molecule has 1 saturated heterocycles. The molecule has 1 aliphatic rings. The van der Waals surface area contributed by atoms with Crippen LogP contribution < -0.4 is 5.32 Å². The van der Waals surface area contributed by atoms with Crippen LogP contribution in [-0.4, -0.2) is 42.7 Å². The molecule has 2 N–H and O–H groups in total. The van der Waals surface area contributed by atoms with Gasteiger partial charge in [-0.1, -0.05) is 0 Å². The molecule has 0 amide bonds. The quantitative estimate of drug-likeness (QED) is 0.729. The molecule has 1 atom stereocenters. The second-order valence-electron chi connectivity index (χ2n) is 4.68. The first kappa shape index (κ1) is 13.0. The minimum absolute atomic E-state index is 0.354. The van der Waals surface area contributed by atoms with Crippen LogP contribution in [-0.2, 0) is 0 Å². The van der Waals surface area contributed by atoms with Crippen LogP contribution in [0.2, 0.25) is 0 Å². The van der Waals surface area contributed by atoms with Crippen LogP contribution in [0, 0.1) is 0 Å². The Balaban J connectivity index is 1.51. The first-order valence-electron chi connectivity index (χ1n) is 6.49. The van der Waals surface area contributed by atoms with Crippen LogP contribution in [0.1, 0.15) is 30.9 Å². The predicted molar refractivity (Wildman–Crippen MR) is 72.4 cm³/mol. The normalized spacial score (nSPS) is 18.6. The van der Waals surface area contributed by atoms with Crippen molar-refractivity contribution in [2.24, 2.45) is 0 Å². The molecule has 4 heteroatoms. The summed E-state index contributed by atoms with van der Waals surface area (Å²) in [5.41, 5.74) is 1.03. The summed E-state index contributed by atoms with van der Waals surface area (Å²) in [5.74, 6) is 0. The molecule has 2 heterocycles. The van der Waals surface area contributed by atoms with E-state index in [2.05, 4.69) is 10.2 Å². The summed E-state index contributed by atoms with van der Waals surface area (Å²) in [5, 5.41) is 17.2. The van der Waals surface area contributed by atoms with E-state index in [1.54, 1.807) is 11.3 Å². The minimum Gasteiger partial charge on any atom is -0.387 e. The highest BCUT2D eigenvalue weighted by Gasteiger charge is 2.10. The number of likely N-dealkylation sites (tertiary alicyclic amines) is 1. The van der Waals surface area contributed by atoms with Crippen molar-refractivity contribution < 1.29 is 5.11 Å². The minimum atomic E-state index is -0.354. The number of hydrogen-bond donors (Lipinski definition) is 2. The lowest BCUT2D eigenvalue weighted by atomic mass is 10.2. The number of nitrogens with one attached hydrogen (secondary N) is 1. The van der Waals surface area contributed by atoms with Gasteiger partial charge in [0.1, 0.15) is 0 Å². The summed E-state index contributed by atoms with van der Waals surface area (Å²) >= 11 is 1.63. The van der Waals surface area contributed by atoms with Crippen molar-refractivity contribution in [3.05, 3.63) is 22.4 Å². The number of rotatable bonds is 7. The number of nitrogens with zero attached hydrogens (tertiary/aromatic N) is 1. The number of aliphatic hydroxyl groups is 1. The Morgan fingerprint density at radius 3 is 2.94 bits per heavy atom. The fourth-order valence-corrected chi connectivity index (χ4v) is 2.96. The largest absolute Gasteiger partial charge is 0.387 e. The molecule has 0 radical (unpaired) electrons. The van der Waals surface area contributed by atoms with Gasteiger partial charge in [0.05, 0.1) is 6.10 Å². The smallest absolute Gasteiger partial charge is 0.0922 e. The van der Waals surface area contributed by atoms with Crippen molar-refractivity contribution >= 4 is 11.3 Å². The third kappa shape index (κ3) is 4.39. The van der Waals surface area contributed by atoms with Crippen molar-refractivity contribution in [2.75, 3.05) is 32.7 Å². The molecule has 1 aromatic rings. The van der Waals surface area contributed by atoms with Gasteiger partial charge in [0.25, 0.3) is 0 Å². The number of thiophene rings is 1. The van der Waals surface area contributed by atoms with Crippen LogP contribution in [0.15, 0.2) is 16.8 Å². The molecular weight excluding hydrogens is 232 g/mol. The Hall–Kier alpha value is -0.420. The lowest BCUT2D eigenvalue weighted by Gasteiger charge is -2.15. The second kappa shape index (κ2) is 7.11. The van der Waals surface area contributed by atoms with E-state index in [9.17, 15) is 5.11 Å². The summed E-state index contributed by atoms with van der Waals surface area (Å²) in [6.07, 6.45) is 3.55. The molecule has 1 aliphatic heterocycles. The van der Waals surface area contributed by atoms with Crippen LogP contribution >= 0.6 is 11.3 Å². The second-order valence-corrected chi connectivity index (χ2v) is 5.46. The van der Waals surface area contributed by atoms with Gasteiger partial charge in [0, 0.05) is 6.54 Å². The van der Waals surface area contributed by atoms with E-state index < -0.39 is 0 Å². The maximum Gasteiger partial charge on any atom is 0.0922 e. The highest BCUT2D eigenvalue weighted by molar-refractivity contribution is 7.07. The molecule has 1 aromatic heterocycles. The maximum atomic E-state index is 9.85. The van der Waals surface area contributed by atoms with Gasteiger partial charge in [-0.3, -0.25) is 0 Å². The van der Waals surface area contributed by atoms with Crippen LogP contribution in [0.4, 0.5) is 0 Å². The standard InChI is InChI=1S/C13H22N2OS/c16-13(12-4-9-17-11-12)10-14-5-3-8-15-6-1-2-7-15/h4,9,11,13-14,16H,1-3,5-8,10H2. The number of aliphatic hydroxyl groups excluding tert-OH is 1. The highest BCUT2D eigenvalue weighted by atomic mass is 32.1. The molecule has 17 heavy (non-hydrogen) atoms. The molecule has 1 unspecified atom stereocenters. The zero-order valence-electron chi connectivity index (χ0n) is 10.3. The van der Waals surface area contributed by atoms with Crippen molar-refractivity contribution in [1.82, 2.24) is 10.2 Å². The highest BCUT2D eigenvalue weighted by Crippen LogP contribution is 2.15. The third-order valence-corrected chi connectivity index (χ3v) is 3.99. The van der Waals surface area contributed by atoms with E-state index in [4.69, 9.17) is 0 Å². The summed E-state index contributed by atoms with van der Waals surface area (Å²) in [4.78, 5) is 2.52. The Morgan fingerprint density at radius 1 is 1.41 bits per heavy atom. The summed E-state index contributed by atoms with van der Waals surface area (Å²) in [6.45, 7) is 5.41. The fraction of sp³-hybridized carbons (Fsp3) is 0.692. The Kier molecular flexibility index (Phi) is 5.45. The summed E-state index contributed by atoms with van der Waals surface area (Å²) in [6, 6.07) is 1.99. The van der Waals surface area contributed by atoms with Gasteiger partial charge < -0.3 is 15.3 Å². The Morgan fingerprint density at radius 2 is 2.24 bits per heavy atom. The van der Waals surface area contributed by atoms with Crippen molar-refractivity contribution in [1.29, 1.82) is 0 Å². The van der Waals surface area contributed by atoms with Gasteiger partial charge in [-0.15, -0.1) is 0 Å². The SMILES string of the molecule is OC(CNCCCN1CCCC1)c1ccsc1. The zero-order valence-corrected chi connectivity index (χ0v) is 11.1. The van der Waals surface area contributed by atoms with E-state index in [-0.39, 0.29) is 6.10 Å². The van der Waals surface area contributed by atoms with Gasteiger partial charge in [-0.2, -0.15) is 11.3 Å². The van der Waals surface area contributed by atoms with E-state index in [1.165, 1.54) is 38.9 Å². The fourth-order valence-electron chi connectivity index (χ4n) is 2.26. The van der Waals surface area contributed by atoms with Gasteiger partial charge in [0.15, 0.2) is 0 Å². The van der Waals surface area contributed by atoms with Crippen molar-refractivity contribution in [3.63, 3.8) is 0 Å². The van der Waals surface area contributed by atoms with Gasteiger partial charge in [-0.25, -0.2) is 0 Å². The summed E-state index contributed by atoms with van der Waals surface area (Å²) in [7, 11) is 0. The lowest BCUT2D eigenvalue weighted by Crippen LogP contribution is -2.27. The molecule has 0 bridgehead atoms.